The molecular formula is C18H26N6O. The summed E-state index contributed by atoms with van der Waals surface area (Å²) in [6.07, 6.45) is 2.64. The van der Waals surface area contributed by atoms with Crippen molar-refractivity contribution in [2.75, 3.05) is 56.6 Å². The Morgan fingerprint density at radius 3 is 2.56 bits per heavy atom. The summed E-state index contributed by atoms with van der Waals surface area (Å²) in [6, 6.07) is 8.10. The van der Waals surface area contributed by atoms with Gasteiger partial charge in [0.15, 0.2) is 5.82 Å². The molecule has 1 fully saturated rings. The van der Waals surface area contributed by atoms with E-state index in [1.807, 2.05) is 12.1 Å². The molecule has 0 spiro atoms. The number of nitrogens with zero attached hydrogens (tertiary/aromatic N) is 5. The summed E-state index contributed by atoms with van der Waals surface area (Å²) in [5, 5.41) is 11.5. The Morgan fingerprint density at radius 2 is 1.88 bits per heavy atom. The lowest BCUT2D eigenvalue weighted by atomic mass is 10.1. The second kappa shape index (κ2) is 8.62. The van der Waals surface area contributed by atoms with Crippen molar-refractivity contribution in [3.8, 4) is 5.75 Å². The van der Waals surface area contributed by atoms with E-state index in [9.17, 15) is 0 Å². The maximum absolute atomic E-state index is 5.18. The third-order valence-corrected chi connectivity index (χ3v) is 4.55. The molecule has 7 nitrogen and oxygen atoms in total. The monoisotopic (exact) mass is 342 g/mol. The first-order valence-corrected chi connectivity index (χ1v) is 8.82. The molecule has 0 bridgehead atoms. The van der Waals surface area contributed by atoms with Gasteiger partial charge in [-0.15, -0.1) is 5.10 Å². The van der Waals surface area contributed by atoms with Crippen molar-refractivity contribution in [2.24, 2.45) is 0 Å². The van der Waals surface area contributed by atoms with E-state index in [0.717, 1.165) is 57.3 Å². The Kier molecular flexibility index (Phi) is 6.00. The van der Waals surface area contributed by atoms with Gasteiger partial charge in [0.1, 0.15) is 5.75 Å². The Bertz CT molecular complexity index is 655. The Balaban J connectivity index is 1.51. The van der Waals surface area contributed by atoms with Crippen LogP contribution in [0, 0.1) is 0 Å². The van der Waals surface area contributed by atoms with Gasteiger partial charge in [-0.2, -0.15) is 10.1 Å². The zero-order valence-corrected chi connectivity index (χ0v) is 15.0. The Labute approximate surface area is 149 Å². The third-order valence-electron chi connectivity index (χ3n) is 4.55. The molecule has 1 aromatic heterocycles. The van der Waals surface area contributed by atoms with Gasteiger partial charge in [-0.05, 0) is 30.7 Å². The minimum Gasteiger partial charge on any atom is -0.497 e. The topological polar surface area (TPSA) is 66.4 Å². The number of likely N-dealkylation sites (N-methyl/N-ethyl adjacent to an activating group) is 1. The zero-order valence-electron chi connectivity index (χ0n) is 15.0. The highest BCUT2D eigenvalue weighted by Crippen LogP contribution is 2.14. The number of hydrogen-bond donors (Lipinski definition) is 1. The number of methoxy groups -OCH3 is 1. The van der Waals surface area contributed by atoms with Crippen molar-refractivity contribution in [3.05, 3.63) is 36.0 Å². The van der Waals surface area contributed by atoms with Gasteiger partial charge in [0.2, 0.25) is 5.95 Å². The van der Waals surface area contributed by atoms with Gasteiger partial charge in [0.05, 0.1) is 13.3 Å². The van der Waals surface area contributed by atoms with Crippen molar-refractivity contribution in [1.29, 1.82) is 0 Å². The SMILES string of the molecule is CCN1CCN(c2cnnc(NCCc3ccc(OC)cc3)n2)CC1. The second-order valence-electron chi connectivity index (χ2n) is 6.08. The molecule has 1 aliphatic heterocycles. The van der Waals surface area contributed by atoms with E-state index in [1.54, 1.807) is 13.3 Å². The Hall–Kier alpha value is -2.41. The van der Waals surface area contributed by atoms with Crippen molar-refractivity contribution in [3.63, 3.8) is 0 Å². The largest absolute Gasteiger partial charge is 0.497 e. The number of rotatable bonds is 7. The molecule has 0 radical (unpaired) electrons. The van der Waals surface area contributed by atoms with Crippen LogP contribution in [0.5, 0.6) is 5.75 Å². The number of hydrogen-bond acceptors (Lipinski definition) is 7. The summed E-state index contributed by atoms with van der Waals surface area (Å²) in [5.41, 5.74) is 1.24. The molecule has 0 aliphatic carbocycles. The minimum atomic E-state index is 0.587. The molecule has 3 rings (SSSR count). The van der Waals surface area contributed by atoms with Crippen LogP contribution < -0.4 is 15.0 Å². The summed E-state index contributed by atoms with van der Waals surface area (Å²) >= 11 is 0. The zero-order chi connectivity index (χ0) is 17.5. The van der Waals surface area contributed by atoms with Gasteiger partial charge in [-0.1, -0.05) is 19.1 Å². The normalized spacial score (nSPS) is 15.2. The molecule has 25 heavy (non-hydrogen) atoms. The van der Waals surface area contributed by atoms with Crippen LogP contribution in [-0.4, -0.2) is 66.5 Å². The van der Waals surface area contributed by atoms with Gasteiger partial charge in [-0.25, -0.2) is 0 Å². The summed E-state index contributed by atoms with van der Waals surface area (Å²) in [6.45, 7) is 8.18. The van der Waals surface area contributed by atoms with Gasteiger partial charge in [0, 0.05) is 32.7 Å². The first kappa shape index (κ1) is 17.4. The average molecular weight is 342 g/mol. The van der Waals surface area contributed by atoms with Crippen LogP contribution in [0.25, 0.3) is 0 Å². The molecule has 1 aromatic carbocycles. The maximum atomic E-state index is 5.18. The predicted octanol–water partition coefficient (Wildman–Crippen LogP) is 1.68. The molecule has 134 valence electrons. The number of piperazine rings is 1. The standard InChI is InChI=1S/C18H26N6O/c1-3-23-10-12-24(13-11-23)17-14-20-22-18(21-17)19-9-8-15-4-6-16(25-2)7-5-15/h4-7,14H,3,8-13H2,1-2H3,(H,19,21,22). The molecule has 0 amide bonds. The van der Waals surface area contributed by atoms with Crippen molar-refractivity contribution < 1.29 is 4.74 Å². The molecule has 2 aromatic rings. The van der Waals surface area contributed by atoms with Gasteiger partial charge in [0.25, 0.3) is 0 Å². The number of ether oxygens (including phenoxy) is 1. The number of anilines is 2. The first-order valence-electron chi connectivity index (χ1n) is 8.82. The number of benzene rings is 1. The van der Waals surface area contributed by atoms with Crippen LogP contribution in [0.1, 0.15) is 12.5 Å². The second-order valence-corrected chi connectivity index (χ2v) is 6.08. The predicted molar refractivity (Wildman–Crippen MR) is 99.3 cm³/mol. The molecule has 0 atom stereocenters. The van der Waals surface area contributed by atoms with Crippen molar-refractivity contribution in [2.45, 2.75) is 13.3 Å². The van der Waals surface area contributed by atoms with E-state index in [2.05, 4.69) is 49.4 Å². The quantitative estimate of drug-likeness (QED) is 0.821. The summed E-state index contributed by atoms with van der Waals surface area (Å²) in [7, 11) is 1.68. The van der Waals surface area contributed by atoms with Crippen molar-refractivity contribution >= 4 is 11.8 Å². The van der Waals surface area contributed by atoms with Crippen LogP contribution >= 0.6 is 0 Å². The molecule has 1 saturated heterocycles. The lowest BCUT2D eigenvalue weighted by Gasteiger charge is -2.34. The molecule has 0 unspecified atom stereocenters. The Morgan fingerprint density at radius 1 is 1.12 bits per heavy atom. The molecule has 1 aliphatic rings. The first-order chi connectivity index (χ1) is 12.3. The third kappa shape index (κ3) is 4.79. The summed E-state index contributed by atoms with van der Waals surface area (Å²) in [5.74, 6) is 2.36. The fourth-order valence-corrected chi connectivity index (χ4v) is 2.93. The lowest BCUT2D eigenvalue weighted by Crippen LogP contribution is -2.46. The van der Waals surface area contributed by atoms with Crippen LogP contribution in [0.4, 0.5) is 11.8 Å². The highest BCUT2D eigenvalue weighted by molar-refractivity contribution is 5.40. The molecular weight excluding hydrogens is 316 g/mol. The lowest BCUT2D eigenvalue weighted by molar-refractivity contribution is 0.270. The summed E-state index contributed by atoms with van der Waals surface area (Å²) in [4.78, 5) is 9.33. The van der Waals surface area contributed by atoms with E-state index in [-0.39, 0.29) is 0 Å². The van der Waals surface area contributed by atoms with E-state index in [1.165, 1.54) is 5.56 Å². The van der Waals surface area contributed by atoms with Crippen LogP contribution in [-0.2, 0) is 6.42 Å². The van der Waals surface area contributed by atoms with E-state index in [4.69, 9.17) is 4.74 Å². The number of aromatic nitrogens is 3. The van der Waals surface area contributed by atoms with Gasteiger partial charge in [-0.3, -0.25) is 0 Å². The fourth-order valence-electron chi connectivity index (χ4n) is 2.93. The van der Waals surface area contributed by atoms with Gasteiger partial charge >= 0.3 is 0 Å². The molecule has 2 heterocycles. The number of nitrogens with one attached hydrogen (secondary N) is 1. The minimum absolute atomic E-state index is 0.587. The van der Waals surface area contributed by atoms with E-state index >= 15 is 0 Å². The molecule has 1 N–H and O–H groups in total. The van der Waals surface area contributed by atoms with Gasteiger partial charge < -0.3 is 19.9 Å². The van der Waals surface area contributed by atoms with Crippen LogP contribution in [0.2, 0.25) is 0 Å². The average Bonchev–Trinajstić information content (AvgIpc) is 2.69. The van der Waals surface area contributed by atoms with E-state index in [0.29, 0.717) is 5.95 Å². The summed E-state index contributed by atoms with van der Waals surface area (Å²) < 4.78 is 5.18. The maximum Gasteiger partial charge on any atom is 0.244 e. The van der Waals surface area contributed by atoms with Crippen LogP contribution in [0.15, 0.2) is 30.5 Å². The van der Waals surface area contributed by atoms with E-state index < -0.39 is 0 Å². The van der Waals surface area contributed by atoms with Crippen molar-refractivity contribution in [1.82, 2.24) is 20.1 Å². The molecule has 7 heteroatoms. The van der Waals surface area contributed by atoms with Crippen LogP contribution in [0.3, 0.4) is 0 Å². The smallest absolute Gasteiger partial charge is 0.244 e. The fraction of sp³-hybridized carbons (Fsp3) is 0.500. The molecule has 0 saturated carbocycles. The highest BCUT2D eigenvalue weighted by Gasteiger charge is 2.17. The highest BCUT2D eigenvalue weighted by atomic mass is 16.5.